The zero-order valence-corrected chi connectivity index (χ0v) is 29.0. The number of nitrogens with zero attached hydrogens (tertiary/aromatic N) is 5. The Hall–Kier alpha value is -2.73. The van der Waals surface area contributed by atoms with Gasteiger partial charge in [-0.05, 0) is 49.3 Å². The van der Waals surface area contributed by atoms with E-state index < -0.39 is 19.3 Å². The average Bonchev–Trinajstić information content (AvgIpc) is 3.38. The summed E-state index contributed by atoms with van der Waals surface area (Å²) in [6.45, 7) is 4.24. The minimum absolute atomic E-state index is 0.0441. The van der Waals surface area contributed by atoms with E-state index in [1.54, 1.807) is 12.1 Å². The predicted molar refractivity (Wildman–Crippen MR) is 183 cm³/mol. The molecule has 5 rings (SSSR count). The highest BCUT2D eigenvalue weighted by Gasteiger charge is 2.17. The van der Waals surface area contributed by atoms with Crippen molar-refractivity contribution >= 4 is 88.5 Å². The molecule has 0 saturated carbocycles. The molecule has 47 heavy (non-hydrogen) atoms. The Balaban J connectivity index is 1.33. The number of anilines is 3. The number of morpholine rings is 1. The highest BCUT2D eigenvalue weighted by atomic mass is 35.5. The molecule has 13 nitrogen and oxygen atoms in total. The number of thioether (sulfide) groups is 1. The van der Waals surface area contributed by atoms with Gasteiger partial charge in [-0.3, -0.25) is 14.3 Å². The van der Waals surface area contributed by atoms with Crippen molar-refractivity contribution in [1.29, 1.82) is 0 Å². The molecule has 3 heterocycles. The zero-order valence-electron chi connectivity index (χ0n) is 24.9. The molecule has 4 aromatic rings. The summed E-state index contributed by atoms with van der Waals surface area (Å²) in [5, 5.41) is 11.0. The van der Waals surface area contributed by atoms with Crippen LogP contribution in [0.15, 0.2) is 41.0 Å². The molecule has 0 atom stereocenters. The van der Waals surface area contributed by atoms with Crippen LogP contribution < -0.4 is 15.4 Å². The first-order valence-corrected chi connectivity index (χ1v) is 18.9. The van der Waals surface area contributed by atoms with Crippen molar-refractivity contribution < 1.29 is 33.0 Å². The van der Waals surface area contributed by atoms with Gasteiger partial charge in [0.15, 0.2) is 8.29 Å². The number of rotatable bonds is 15. The van der Waals surface area contributed by atoms with Crippen LogP contribution in [0.1, 0.15) is 12.8 Å². The maximum atomic E-state index is 13.7. The summed E-state index contributed by atoms with van der Waals surface area (Å²) in [5.41, 5.74) is 1.45. The third-order valence-corrected chi connectivity index (χ3v) is 10.6. The maximum absolute atomic E-state index is 13.7. The molecular weight excluding hydrogens is 712 g/mol. The number of carbonyl (C=O) groups is 1. The molecule has 2 aromatic carbocycles. The standard InChI is InChI=1S/C28H32ClFN7O6PS3/c29-20-13-18(3-4-21(20)30)33-26-19-14-23(24(15-22(19)31-17-32-26)43-8-1-5-36-6-9-42-10-7-36)34-25(38)16-37-28(45)47-27(35-37)46-12-2-11-44(39,40)41/h3-4,13-15,17H,1-2,5-12,16H2,(H,34,38)(H,31,32,33)(H2,39,40,41). The third kappa shape index (κ3) is 10.6. The predicted octanol–water partition coefficient (Wildman–Crippen LogP) is 5.55. The van der Waals surface area contributed by atoms with E-state index in [2.05, 4.69) is 30.6 Å². The molecule has 1 aliphatic heterocycles. The molecular formula is C28H32ClFN7O6PS3. The number of hydrogen-bond acceptors (Lipinski definition) is 12. The Kier molecular flexibility index (Phi) is 12.6. The van der Waals surface area contributed by atoms with Gasteiger partial charge in [0.05, 0.1) is 42.2 Å². The molecule has 1 aliphatic rings. The van der Waals surface area contributed by atoms with Gasteiger partial charge < -0.3 is 29.9 Å². The van der Waals surface area contributed by atoms with Crippen LogP contribution in [0.3, 0.4) is 0 Å². The number of benzene rings is 2. The van der Waals surface area contributed by atoms with Gasteiger partial charge in [0.1, 0.15) is 30.3 Å². The number of ether oxygens (including phenoxy) is 2. The van der Waals surface area contributed by atoms with Crippen LogP contribution >= 0.6 is 54.5 Å². The highest BCUT2D eigenvalue weighted by Crippen LogP contribution is 2.36. The Morgan fingerprint density at radius 1 is 1.21 bits per heavy atom. The van der Waals surface area contributed by atoms with Crippen molar-refractivity contribution in [1.82, 2.24) is 24.6 Å². The maximum Gasteiger partial charge on any atom is 0.325 e. The highest BCUT2D eigenvalue weighted by molar-refractivity contribution is 8.01. The van der Waals surface area contributed by atoms with Gasteiger partial charge in [0.25, 0.3) is 0 Å². The van der Waals surface area contributed by atoms with E-state index in [4.69, 9.17) is 43.1 Å². The molecule has 1 amide bonds. The van der Waals surface area contributed by atoms with Crippen LogP contribution in [-0.2, 0) is 20.6 Å². The van der Waals surface area contributed by atoms with E-state index >= 15 is 0 Å². The fourth-order valence-corrected chi connectivity index (χ4v) is 7.91. The Bertz CT molecular complexity index is 1820. The molecule has 0 spiro atoms. The topological polar surface area (TPSA) is 164 Å². The molecule has 0 radical (unpaired) electrons. The number of aromatic nitrogens is 4. The van der Waals surface area contributed by atoms with Crippen molar-refractivity contribution in [3.8, 4) is 5.75 Å². The number of carbonyl (C=O) groups excluding carboxylic acids is 1. The first kappa shape index (κ1) is 35.6. The summed E-state index contributed by atoms with van der Waals surface area (Å²) >= 11 is 13.9. The SMILES string of the molecule is O=C(Cn1nc(SCCCP(=O)(O)O)sc1=S)Nc1cc2c(Nc3ccc(F)c(Cl)c3)ncnc2cc1OCCCN1CCOCC1. The van der Waals surface area contributed by atoms with Crippen LogP contribution in [0.4, 0.5) is 21.6 Å². The van der Waals surface area contributed by atoms with Crippen LogP contribution in [0.5, 0.6) is 5.75 Å². The molecule has 2 aromatic heterocycles. The van der Waals surface area contributed by atoms with Crippen molar-refractivity contribution in [2.24, 2.45) is 0 Å². The summed E-state index contributed by atoms with van der Waals surface area (Å²) in [6.07, 6.45) is 2.25. The lowest BCUT2D eigenvalue weighted by Crippen LogP contribution is -2.37. The van der Waals surface area contributed by atoms with Gasteiger partial charge in [-0.15, -0.1) is 0 Å². The number of fused-ring (bicyclic) bond motifs is 1. The van der Waals surface area contributed by atoms with Gasteiger partial charge >= 0.3 is 7.60 Å². The summed E-state index contributed by atoms with van der Waals surface area (Å²) in [5.74, 6) is 0.334. The fourth-order valence-electron chi connectivity index (χ4n) is 4.61. The average molecular weight is 744 g/mol. The normalized spacial score (nSPS) is 14.0. The minimum atomic E-state index is -4.06. The monoisotopic (exact) mass is 743 g/mol. The van der Waals surface area contributed by atoms with Crippen molar-refractivity contribution in [3.63, 3.8) is 0 Å². The van der Waals surface area contributed by atoms with Gasteiger partial charge in [0.2, 0.25) is 5.91 Å². The number of halogens is 2. The third-order valence-electron chi connectivity index (χ3n) is 6.87. The second-order valence-electron chi connectivity index (χ2n) is 10.4. The van der Waals surface area contributed by atoms with Crippen LogP contribution in [-0.4, -0.2) is 91.7 Å². The molecule has 0 unspecified atom stereocenters. The molecule has 1 fully saturated rings. The molecule has 252 valence electrons. The first-order chi connectivity index (χ1) is 22.5. The quantitative estimate of drug-likeness (QED) is 0.0519. The van der Waals surface area contributed by atoms with Crippen molar-refractivity contribution in [3.05, 3.63) is 51.5 Å². The largest absolute Gasteiger partial charge is 0.491 e. The molecule has 19 heteroatoms. The Morgan fingerprint density at radius 2 is 2.02 bits per heavy atom. The number of nitrogens with one attached hydrogen (secondary N) is 2. The van der Waals surface area contributed by atoms with E-state index in [0.717, 1.165) is 26.1 Å². The lowest BCUT2D eigenvalue weighted by Gasteiger charge is -2.26. The smallest absolute Gasteiger partial charge is 0.325 e. The van der Waals surface area contributed by atoms with E-state index in [-0.39, 0.29) is 17.7 Å². The van der Waals surface area contributed by atoms with E-state index in [1.807, 2.05) is 0 Å². The Morgan fingerprint density at radius 3 is 2.79 bits per heavy atom. The summed E-state index contributed by atoms with van der Waals surface area (Å²) < 4.78 is 38.8. The van der Waals surface area contributed by atoms with Gasteiger partial charge in [0, 0.05) is 42.5 Å². The molecule has 0 bridgehead atoms. The lowest BCUT2D eigenvalue weighted by molar-refractivity contribution is -0.117. The van der Waals surface area contributed by atoms with Crippen molar-refractivity contribution in [2.75, 3.05) is 62.0 Å². The second-order valence-corrected chi connectivity index (χ2v) is 15.6. The zero-order chi connectivity index (χ0) is 33.4. The van der Waals surface area contributed by atoms with Crippen LogP contribution in [0.25, 0.3) is 10.9 Å². The molecule has 4 N–H and O–H groups in total. The van der Waals surface area contributed by atoms with Crippen molar-refractivity contribution in [2.45, 2.75) is 23.7 Å². The van der Waals surface area contributed by atoms with E-state index in [1.165, 1.54) is 52.3 Å². The number of hydrogen-bond donors (Lipinski definition) is 4. The number of amides is 1. The van der Waals surface area contributed by atoms with E-state index in [0.29, 0.717) is 74.1 Å². The molecule has 1 saturated heterocycles. The fraction of sp³-hybridized carbons (Fsp3) is 0.393. The Labute approximate surface area is 288 Å². The molecule has 0 aliphatic carbocycles. The van der Waals surface area contributed by atoms with Crippen LogP contribution in [0.2, 0.25) is 5.02 Å². The first-order valence-electron chi connectivity index (χ1n) is 14.5. The van der Waals surface area contributed by atoms with Gasteiger partial charge in [-0.1, -0.05) is 34.7 Å². The lowest BCUT2D eigenvalue weighted by atomic mass is 10.1. The minimum Gasteiger partial charge on any atom is -0.491 e. The summed E-state index contributed by atoms with van der Waals surface area (Å²) in [6, 6.07) is 7.66. The van der Waals surface area contributed by atoms with E-state index in [9.17, 15) is 13.8 Å². The van der Waals surface area contributed by atoms with Gasteiger partial charge in [-0.2, -0.15) is 5.10 Å². The summed E-state index contributed by atoms with van der Waals surface area (Å²) in [7, 11) is -4.06. The van der Waals surface area contributed by atoms with Gasteiger partial charge in [-0.25, -0.2) is 19.0 Å². The second kappa shape index (κ2) is 16.6. The summed E-state index contributed by atoms with van der Waals surface area (Å²) in [4.78, 5) is 42.5. The van der Waals surface area contributed by atoms with Crippen LogP contribution in [0, 0.1) is 9.77 Å².